The summed E-state index contributed by atoms with van der Waals surface area (Å²) in [6.45, 7) is 6.14. The predicted octanol–water partition coefficient (Wildman–Crippen LogP) is 1.98. The van der Waals surface area contributed by atoms with Crippen LogP contribution in [0.15, 0.2) is 23.3 Å². The van der Waals surface area contributed by atoms with E-state index in [0.29, 0.717) is 12.1 Å². The number of aromatic hydroxyl groups is 1. The highest BCUT2D eigenvalue weighted by atomic mass is 16.3. The SMILES string of the molecule is C/C=C/c1cnn(CC(C)C)c(O)c(C(=O)NC2CC2)c(=O)[nH]c1. The summed E-state index contributed by atoms with van der Waals surface area (Å²) in [5, 5.41) is 17.5. The van der Waals surface area contributed by atoms with Crippen LogP contribution in [-0.2, 0) is 6.54 Å². The number of carbonyl (C=O) groups is 1. The first kappa shape index (κ1) is 17.8. The monoisotopic (exact) mass is 332 g/mol. The zero-order valence-electron chi connectivity index (χ0n) is 14.2. The molecule has 1 aromatic rings. The molecule has 130 valence electrons. The quantitative estimate of drug-likeness (QED) is 0.767. The molecule has 0 aromatic carbocycles. The summed E-state index contributed by atoms with van der Waals surface area (Å²) < 4.78 is 1.29. The average molecular weight is 332 g/mol. The van der Waals surface area contributed by atoms with E-state index in [2.05, 4.69) is 15.4 Å². The van der Waals surface area contributed by atoms with Crippen LogP contribution in [0.1, 0.15) is 49.5 Å². The number of carbonyl (C=O) groups excluding carboxylic acids is 1. The maximum Gasteiger partial charge on any atom is 0.266 e. The minimum Gasteiger partial charge on any atom is -0.493 e. The molecule has 0 atom stereocenters. The molecule has 1 heterocycles. The Morgan fingerprint density at radius 2 is 2.25 bits per heavy atom. The van der Waals surface area contributed by atoms with Crippen LogP contribution in [0.2, 0.25) is 0 Å². The van der Waals surface area contributed by atoms with Crippen LogP contribution in [0.4, 0.5) is 0 Å². The molecular weight excluding hydrogens is 308 g/mol. The van der Waals surface area contributed by atoms with Gasteiger partial charge in [-0.1, -0.05) is 26.0 Å². The van der Waals surface area contributed by atoms with Gasteiger partial charge in [-0.05, 0) is 25.7 Å². The van der Waals surface area contributed by atoms with Crippen LogP contribution in [0.3, 0.4) is 0 Å². The lowest BCUT2D eigenvalue weighted by atomic mass is 10.2. The van der Waals surface area contributed by atoms with Gasteiger partial charge in [0.2, 0.25) is 5.88 Å². The van der Waals surface area contributed by atoms with Crippen molar-refractivity contribution < 1.29 is 9.90 Å². The Kier molecular flexibility index (Phi) is 5.78. The molecule has 0 spiro atoms. The van der Waals surface area contributed by atoms with Crippen LogP contribution >= 0.6 is 0 Å². The molecule has 0 unspecified atom stereocenters. The van der Waals surface area contributed by atoms with E-state index in [4.69, 9.17) is 0 Å². The van der Waals surface area contributed by atoms with Crippen molar-refractivity contribution in [1.82, 2.24) is 20.1 Å². The molecule has 7 heteroatoms. The maximum atomic E-state index is 12.4. The van der Waals surface area contributed by atoms with Crippen molar-refractivity contribution in [2.75, 3.05) is 0 Å². The average Bonchev–Trinajstić information content (AvgIpc) is 3.31. The van der Waals surface area contributed by atoms with Gasteiger partial charge in [0, 0.05) is 24.3 Å². The molecule has 3 N–H and O–H groups in total. The summed E-state index contributed by atoms with van der Waals surface area (Å²) in [6, 6.07) is 0.0782. The van der Waals surface area contributed by atoms with E-state index < -0.39 is 17.3 Å². The van der Waals surface area contributed by atoms with Crippen molar-refractivity contribution in [2.24, 2.45) is 5.92 Å². The van der Waals surface area contributed by atoms with E-state index in [1.807, 2.05) is 26.8 Å². The second kappa shape index (κ2) is 7.81. The van der Waals surface area contributed by atoms with Gasteiger partial charge in [0.05, 0.1) is 6.20 Å². The van der Waals surface area contributed by atoms with Gasteiger partial charge < -0.3 is 15.4 Å². The van der Waals surface area contributed by atoms with Gasteiger partial charge in [-0.15, -0.1) is 0 Å². The highest BCUT2D eigenvalue weighted by molar-refractivity contribution is 5.96. The number of rotatable bonds is 5. The van der Waals surface area contributed by atoms with Gasteiger partial charge in [0.25, 0.3) is 11.5 Å². The van der Waals surface area contributed by atoms with Crippen LogP contribution in [0.25, 0.3) is 6.08 Å². The van der Waals surface area contributed by atoms with Crippen LogP contribution in [-0.4, -0.2) is 31.8 Å². The summed E-state index contributed by atoms with van der Waals surface area (Å²) >= 11 is 0. The lowest BCUT2D eigenvalue weighted by Crippen LogP contribution is -2.31. The standard InChI is InChI=1S/C17H24N4O3/c1-4-5-12-8-18-15(22)14(16(23)20-13-6-7-13)17(24)21(19-9-12)10-11(2)3/h4-5,8-9,11,13,24H,6-7,10H2,1-3H3,(H,18,22)(H,20,23)/b5-4+,12-8?,17-14?,19-9?. The highest BCUT2D eigenvalue weighted by Crippen LogP contribution is 2.20. The van der Waals surface area contributed by atoms with Gasteiger partial charge in [-0.2, -0.15) is 5.10 Å². The first-order valence-corrected chi connectivity index (χ1v) is 8.11. The van der Waals surface area contributed by atoms with E-state index in [0.717, 1.165) is 12.8 Å². The van der Waals surface area contributed by atoms with E-state index in [1.165, 1.54) is 17.1 Å². The first-order chi connectivity index (χ1) is 11.4. The maximum absolute atomic E-state index is 12.4. The van der Waals surface area contributed by atoms with E-state index in [9.17, 15) is 14.7 Å². The number of aromatic amines is 1. The lowest BCUT2D eigenvalue weighted by Gasteiger charge is -2.10. The Hall–Kier alpha value is -2.57. The summed E-state index contributed by atoms with van der Waals surface area (Å²) in [5.41, 5.74) is -0.333. The summed E-state index contributed by atoms with van der Waals surface area (Å²) in [7, 11) is 0. The van der Waals surface area contributed by atoms with Gasteiger partial charge >= 0.3 is 0 Å². The third-order valence-electron chi connectivity index (χ3n) is 3.45. The number of hydrogen-bond acceptors (Lipinski definition) is 4. The number of H-pyrrole nitrogens is 1. The van der Waals surface area contributed by atoms with Crippen LogP contribution in [0.5, 0.6) is 5.88 Å². The molecule has 0 bridgehead atoms. The largest absolute Gasteiger partial charge is 0.493 e. The number of nitrogens with zero attached hydrogens (tertiary/aromatic N) is 2. The molecule has 1 aliphatic rings. The molecule has 0 saturated heterocycles. The minimum atomic E-state index is -0.660. The molecule has 0 radical (unpaired) electrons. The molecule has 1 fully saturated rings. The molecule has 1 aliphatic carbocycles. The first-order valence-electron chi connectivity index (χ1n) is 8.11. The summed E-state index contributed by atoms with van der Waals surface area (Å²) in [4.78, 5) is 27.3. The number of amides is 1. The Bertz CT molecular complexity index is 741. The predicted molar refractivity (Wildman–Crippen MR) is 92.2 cm³/mol. The smallest absolute Gasteiger partial charge is 0.266 e. The minimum absolute atomic E-state index is 0.0782. The molecule has 7 nitrogen and oxygen atoms in total. The normalized spacial score (nSPS) is 14.0. The number of allylic oxidation sites excluding steroid dienone is 1. The Morgan fingerprint density at radius 3 is 2.83 bits per heavy atom. The van der Waals surface area contributed by atoms with E-state index in [-0.39, 0.29) is 17.5 Å². The summed E-state index contributed by atoms with van der Waals surface area (Å²) in [5.74, 6) is -0.847. The Morgan fingerprint density at radius 1 is 1.54 bits per heavy atom. The van der Waals surface area contributed by atoms with Gasteiger partial charge in [-0.3, -0.25) is 9.59 Å². The number of aromatic nitrogens is 3. The van der Waals surface area contributed by atoms with Crippen molar-refractivity contribution in [3.63, 3.8) is 0 Å². The van der Waals surface area contributed by atoms with Crippen LogP contribution < -0.4 is 10.9 Å². The van der Waals surface area contributed by atoms with E-state index in [1.54, 1.807) is 6.08 Å². The third kappa shape index (κ3) is 4.71. The molecule has 1 aromatic heterocycles. The van der Waals surface area contributed by atoms with Gasteiger partial charge in [0.1, 0.15) is 0 Å². The zero-order valence-corrected chi connectivity index (χ0v) is 14.2. The van der Waals surface area contributed by atoms with Crippen molar-refractivity contribution in [3.05, 3.63) is 40.0 Å². The van der Waals surface area contributed by atoms with Crippen molar-refractivity contribution in [1.29, 1.82) is 0 Å². The second-order valence-electron chi connectivity index (χ2n) is 6.28. The molecule has 1 saturated carbocycles. The molecule has 0 aliphatic heterocycles. The number of nitrogens with one attached hydrogen (secondary N) is 2. The fraction of sp³-hybridized carbons (Fsp3) is 0.471. The fourth-order valence-corrected chi connectivity index (χ4v) is 2.13. The molecular formula is C17H24N4O3. The fourth-order valence-electron chi connectivity index (χ4n) is 2.13. The summed E-state index contributed by atoms with van der Waals surface area (Å²) in [6.07, 6.45) is 8.34. The topological polar surface area (TPSA) is 100 Å². The lowest BCUT2D eigenvalue weighted by molar-refractivity contribution is 0.0945. The van der Waals surface area contributed by atoms with Crippen molar-refractivity contribution >= 4 is 12.0 Å². The Balaban J connectivity index is 2.66. The third-order valence-corrected chi connectivity index (χ3v) is 3.45. The van der Waals surface area contributed by atoms with Crippen LogP contribution in [0, 0.1) is 5.92 Å². The van der Waals surface area contributed by atoms with Gasteiger partial charge in [-0.25, -0.2) is 4.68 Å². The van der Waals surface area contributed by atoms with Gasteiger partial charge in [0.15, 0.2) is 5.56 Å². The molecule has 2 rings (SSSR count). The van der Waals surface area contributed by atoms with Crippen molar-refractivity contribution in [3.8, 4) is 5.88 Å². The second-order valence-corrected chi connectivity index (χ2v) is 6.28. The Labute approximate surface area is 140 Å². The molecule has 1 amide bonds. The zero-order chi connectivity index (χ0) is 17.7. The van der Waals surface area contributed by atoms with Crippen molar-refractivity contribution in [2.45, 2.75) is 46.2 Å². The highest BCUT2D eigenvalue weighted by Gasteiger charge is 2.27. The van der Waals surface area contributed by atoms with E-state index >= 15 is 0 Å². The number of hydrogen-bond donors (Lipinski definition) is 3. The molecule has 24 heavy (non-hydrogen) atoms.